The summed E-state index contributed by atoms with van der Waals surface area (Å²) in [5.74, 6) is -3.54. The minimum atomic E-state index is -2.27. The first kappa shape index (κ1) is 12.9. The van der Waals surface area contributed by atoms with E-state index in [0.717, 1.165) is 0 Å². The van der Waals surface area contributed by atoms with Gasteiger partial charge in [-0.15, -0.1) is 0 Å². The summed E-state index contributed by atoms with van der Waals surface area (Å²) in [6, 6.07) is 0. The number of carboxylic acids is 2. The van der Waals surface area contributed by atoms with Crippen molar-refractivity contribution in [1.29, 1.82) is 10.8 Å². The zero-order valence-electron chi connectivity index (χ0n) is 5.65. The molecule has 0 aliphatic carbocycles. The average molecular weight is 178 g/mol. The molecule has 0 aliphatic heterocycles. The van der Waals surface area contributed by atoms with Crippen LogP contribution in [0, 0.1) is 10.8 Å². The SMILES string of the molecule is N#N.O=C(O)C(O)C(O)C(=O)O. The standard InChI is InChI=1S/C4H6O6.N2/c5-1(3(7)8)2(6)4(9)10;1-2/h1-2,5-6H,(H,7,8)(H,9,10);. The van der Waals surface area contributed by atoms with E-state index in [9.17, 15) is 9.59 Å². The summed E-state index contributed by atoms with van der Waals surface area (Å²) >= 11 is 0. The van der Waals surface area contributed by atoms with Crippen molar-refractivity contribution in [2.45, 2.75) is 12.2 Å². The lowest BCUT2D eigenvalue weighted by atomic mass is 10.2. The minimum Gasteiger partial charge on any atom is -0.479 e. The molecule has 0 aliphatic rings. The van der Waals surface area contributed by atoms with Crippen molar-refractivity contribution in [2.24, 2.45) is 0 Å². The highest BCUT2D eigenvalue weighted by atomic mass is 16.4. The Kier molecular flexibility index (Phi) is 6.48. The highest BCUT2D eigenvalue weighted by molar-refractivity contribution is 5.82. The first-order chi connectivity index (χ1) is 5.46. The lowest BCUT2D eigenvalue weighted by Crippen LogP contribution is -2.39. The van der Waals surface area contributed by atoms with Gasteiger partial charge in [-0.3, -0.25) is 0 Å². The molecule has 0 rings (SSSR count). The van der Waals surface area contributed by atoms with Crippen molar-refractivity contribution < 1.29 is 30.0 Å². The largest absolute Gasteiger partial charge is 0.479 e. The normalized spacial score (nSPS) is 13.3. The molecule has 12 heavy (non-hydrogen) atoms. The first-order valence-corrected chi connectivity index (χ1v) is 2.48. The van der Waals surface area contributed by atoms with Crippen LogP contribution < -0.4 is 0 Å². The summed E-state index contributed by atoms with van der Waals surface area (Å²) in [7, 11) is 0. The monoisotopic (exact) mass is 178 g/mol. The van der Waals surface area contributed by atoms with E-state index in [0.29, 0.717) is 0 Å². The molecule has 0 bridgehead atoms. The number of carboxylic acid groups (broad SMARTS) is 2. The van der Waals surface area contributed by atoms with Crippen LogP contribution in [0.25, 0.3) is 0 Å². The average Bonchev–Trinajstić information content (AvgIpc) is 2.05. The number of hydrogen-bond donors (Lipinski definition) is 4. The molecule has 0 aromatic rings. The highest BCUT2D eigenvalue weighted by Crippen LogP contribution is 1.92. The maximum absolute atomic E-state index is 9.77. The van der Waals surface area contributed by atoms with E-state index in [1.54, 1.807) is 0 Å². The molecular formula is C4H6N2O6. The Morgan fingerprint density at radius 1 is 0.917 bits per heavy atom. The van der Waals surface area contributed by atoms with Crippen molar-refractivity contribution in [2.75, 3.05) is 0 Å². The Morgan fingerprint density at radius 3 is 1.17 bits per heavy atom. The second kappa shape index (κ2) is 6.02. The van der Waals surface area contributed by atoms with Gasteiger partial charge in [0.25, 0.3) is 0 Å². The third-order valence-electron chi connectivity index (χ3n) is 0.805. The molecule has 8 heteroatoms. The fourth-order valence-electron chi connectivity index (χ4n) is 0.270. The summed E-state index contributed by atoms with van der Waals surface area (Å²) in [6.07, 6.45) is -4.53. The Morgan fingerprint density at radius 2 is 1.08 bits per heavy atom. The number of rotatable bonds is 3. The van der Waals surface area contributed by atoms with Crippen molar-refractivity contribution in [1.82, 2.24) is 0 Å². The molecule has 0 saturated carbocycles. The maximum atomic E-state index is 9.77. The molecule has 0 spiro atoms. The number of aliphatic hydroxyl groups excluding tert-OH is 2. The van der Waals surface area contributed by atoms with Crippen LogP contribution in [-0.4, -0.2) is 44.6 Å². The molecule has 0 heterocycles. The molecule has 0 saturated heterocycles. The quantitative estimate of drug-likeness (QED) is 0.357. The van der Waals surface area contributed by atoms with Crippen molar-refractivity contribution in [3.8, 4) is 0 Å². The number of aliphatic hydroxyl groups is 2. The van der Waals surface area contributed by atoms with Crippen LogP contribution in [0.4, 0.5) is 0 Å². The van der Waals surface area contributed by atoms with Gasteiger partial charge < -0.3 is 20.4 Å². The molecule has 2 atom stereocenters. The second-order valence-corrected chi connectivity index (χ2v) is 1.57. The summed E-state index contributed by atoms with van der Waals surface area (Å²) in [5, 5.41) is 44.5. The third-order valence-corrected chi connectivity index (χ3v) is 0.805. The van der Waals surface area contributed by atoms with Gasteiger partial charge in [0, 0.05) is 10.8 Å². The van der Waals surface area contributed by atoms with Gasteiger partial charge in [0.1, 0.15) is 0 Å². The van der Waals surface area contributed by atoms with Gasteiger partial charge in [0.2, 0.25) is 0 Å². The Labute approximate surface area is 66.1 Å². The topological polar surface area (TPSA) is 163 Å². The smallest absolute Gasteiger partial charge is 0.335 e. The van der Waals surface area contributed by atoms with E-state index in [1.165, 1.54) is 0 Å². The van der Waals surface area contributed by atoms with Crippen LogP contribution in [0.3, 0.4) is 0 Å². The first-order valence-electron chi connectivity index (χ1n) is 2.48. The van der Waals surface area contributed by atoms with Gasteiger partial charge in [-0.25, -0.2) is 9.59 Å². The summed E-state index contributed by atoms with van der Waals surface area (Å²) < 4.78 is 0. The molecule has 0 aromatic carbocycles. The van der Waals surface area contributed by atoms with Gasteiger partial charge in [-0.1, -0.05) is 0 Å². The van der Waals surface area contributed by atoms with E-state index in [1.807, 2.05) is 0 Å². The molecule has 0 radical (unpaired) electrons. The molecule has 0 amide bonds. The molecule has 0 fully saturated rings. The van der Waals surface area contributed by atoms with E-state index in [2.05, 4.69) is 0 Å². The zero-order valence-corrected chi connectivity index (χ0v) is 5.65. The number of aliphatic carboxylic acids is 2. The van der Waals surface area contributed by atoms with Gasteiger partial charge in [0.15, 0.2) is 12.2 Å². The van der Waals surface area contributed by atoms with E-state index < -0.39 is 24.1 Å². The summed E-state index contributed by atoms with van der Waals surface area (Å²) in [6.45, 7) is 0. The lowest BCUT2D eigenvalue weighted by molar-refractivity contribution is -0.165. The van der Waals surface area contributed by atoms with Crippen molar-refractivity contribution >= 4 is 11.9 Å². The fraction of sp³-hybridized carbons (Fsp3) is 0.500. The number of nitrogens with zero attached hydrogens (tertiary/aromatic N) is 2. The van der Waals surface area contributed by atoms with Gasteiger partial charge in [-0.2, -0.15) is 0 Å². The second-order valence-electron chi connectivity index (χ2n) is 1.57. The van der Waals surface area contributed by atoms with Crippen LogP contribution >= 0.6 is 0 Å². The molecule has 8 nitrogen and oxygen atoms in total. The maximum Gasteiger partial charge on any atom is 0.335 e. The van der Waals surface area contributed by atoms with Crippen molar-refractivity contribution in [3.63, 3.8) is 0 Å². The Hall–Kier alpha value is -1.72. The van der Waals surface area contributed by atoms with Gasteiger partial charge >= 0.3 is 11.9 Å². The molecule has 4 N–H and O–H groups in total. The highest BCUT2D eigenvalue weighted by Gasteiger charge is 2.29. The van der Waals surface area contributed by atoms with Crippen LogP contribution in [0.15, 0.2) is 0 Å². The Balaban J connectivity index is 0. The summed E-state index contributed by atoms with van der Waals surface area (Å²) in [4.78, 5) is 19.5. The van der Waals surface area contributed by atoms with Gasteiger partial charge in [-0.05, 0) is 0 Å². The third kappa shape index (κ3) is 4.15. The Bertz CT molecular complexity index is 171. The number of hydrogen-bond acceptors (Lipinski definition) is 6. The van der Waals surface area contributed by atoms with Crippen LogP contribution in [0.5, 0.6) is 0 Å². The summed E-state index contributed by atoms with van der Waals surface area (Å²) in [5.41, 5.74) is 0. The van der Waals surface area contributed by atoms with Gasteiger partial charge in [0.05, 0.1) is 0 Å². The lowest BCUT2D eigenvalue weighted by Gasteiger charge is -2.07. The molecule has 68 valence electrons. The number of carbonyl (C=O) groups is 2. The molecular weight excluding hydrogens is 172 g/mol. The zero-order chi connectivity index (χ0) is 10.3. The molecule has 2 unspecified atom stereocenters. The van der Waals surface area contributed by atoms with Crippen LogP contribution in [0.2, 0.25) is 0 Å². The van der Waals surface area contributed by atoms with Crippen molar-refractivity contribution in [3.05, 3.63) is 0 Å². The predicted molar refractivity (Wildman–Crippen MR) is 30.7 cm³/mol. The van der Waals surface area contributed by atoms with Crippen LogP contribution in [0.1, 0.15) is 0 Å². The fourth-order valence-corrected chi connectivity index (χ4v) is 0.270. The van der Waals surface area contributed by atoms with E-state index in [-0.39, 0.29) is 0 Å². The van der Waals surface area contributed by atoms with E-state index >= 15 is 0 Å². The van der Waals surface area contributed by atoms with Crippen LogP contribution in [-0.2, 0) is 9.59 Å². The van der Waals surface area contributed by atoms with E-state index in [4.69, 9.17) is 31.2 Å². The minimum absolute atomic E-state index is 1.77. The molecule has 0 aromatic heterocycles. The predicted octanol–water partition coefficient (Wildman–Crippen LogP) is -2.09.